The van der Waals surface area contributed by atoms with E-state index in [0.29, 0.717) is 0 Å². The van der Waals surface area contributed by atoms with Gasteiger partial charge in [0.25, 0.3) is 0 Å². The number of nitrogens with zero attached hydrogens (tertiary/aromatic N) is 1. The van der Waals surface area contributed by atoms with Crippen LogP contribution in [0, 0.1) is 4.91 Å². The molecule has 0 amide bonds. The normalized spacial score (nSPS) is 12.9. The quantitative estimate of drug-likeness (QED) is 0.498. The second-order valence-electron chi connectivity index (χ2n) is 2.92. The Labute approximate surface area is 78.3 Å². The summed E-state index contributed by atoms with van der Waals surface area (Å²) in [5.74, 6) is 0. The zero-order chi connectivity index (χ0) is 10.5. The van der Waals surface area contributed by atoms with Gasteiger partial charge in [-0.25, -0.2) is 0 Å². The molecule has 0 aromatic carbocycles. The molecule has 0 aliphatic carbocycles. The Hall–Kier alpha value is -0.250. The Morgan fingerprint density at radius 1 is 1.23 bits per heavy atom. The monoisotopic (exact) mass is 209 g/mol. The average Bonchev–Trinajstić information content (AvgIpc) is 2.05. The van der Waals surface area contributed by atoms with E-state index < -0.39 is 12.9 Å². The fourth-order valence-corrected chi connectivity index (χ4v) is 2.23. The Morgan fingerprint density at radius 3 is 1.85 bits per heavy atom. The molecule has 0 saturated carbocycles. The van der Waals surface area contributed by atoms with Gasteiger partial charge in [-0.15, -0.1) is 4.91 Å². The summed E-state index contributed by atoms with van der Waals surface area (Å²) >= 11 is 0. The molecule has 5 nitrogen and oxygen atoms in total. The van der Waals surface area contributed by atoms with E-state index in [0.717, 1.165) is 0 Å². The molecule has 78 valence electrons. The molecule has 13 heavy (non-hydrogen) atoms. The molecule has 0 aliphatic rings. The third-order valence-corrected chi connectivity index (χ3v) is 4.11. The molecule has 0 rings (SSSR count). The van der Waals surface area contributed by atoms with E-state index in [4.69, 9.17) is 9.05 Å². The molecule has 0 atom stereocenters. The Bertz CT molecular complexity index is 207. The van der Waals surface area contributed by atoms with Crippen molar-refractivity contribution in [2.45, 2.75) is 33.0 Å². The van der Waals surface area contributed by atoms with E-state index in [1.165, 1.54) is 13.8 Å². The highest BCUT2D eigenvalue weighted by molar-refractivity contribution is 7.55. The summed E-state index contributed by atoms with van der Waals surface area (Å²) in [6, 6.07) is 0. The first kappa shape index (κ1) is 12.8. The SMILES string of the molecule is CCOP(=O)(OCC)C(C)(C)N=O. The van der Waals surface area contributed by atoms with E-state index in [-0.39, 0.29) is 13.2 Å². The first-order valence-electron chi connectivity index (χ1n) is 4.17. The zero-order valence-corrected chi connectivity index (χ0v) is 9.34. The van der Waals surface area contributed by atoms with Gasteiger partial charge in [-0.05, 0) is 27.7 Å². The van der Waals surface area contributed by atoms with Crippen molar-refractivity contribution in [3.8, 4) is 0 Å². The number of rotatable bonds is 6. The topological polar surface area (TPSA) is 65.0 Å². The smallest absolute Gasteiger partial charge is 0.307 e. The van der Waals surface area contributed by atoms with E-state index in [1.807, 2.05) is 0 Å². The molecular formula is C7H16NO4P. The fraction of sp³-hybridized carbons (Fsp3) is 1.00. The van der Waals surface area contributed by atoms with Crippen molar-refractivity contribution in [3.05, 3.63) is 4.91 Å². The molecule has 0 radical (unpaired) electrons. The van der Waals surface area contributed by atoms with Crippen LogP contribution in [-0.4, -0.2) is 18.5 Å². The maximum atomic E-state index is 11.9. The van der Waals surface area contributed by atoms with Crippen molar-refractivity contribution >= 4 is 7.60 Å². The molecule has 0 fully saturated rings. The van der Waals surface area contributed by atoms with Gasteiger partial charge in [-0.1, -0.05) is 5.18 Å². The van der Waals surface area contributed by atoms with Gasteiger partial charge in [0, 0.05) is 0 Å². The molecule has 0 heterocycles. The van der Waals surface area contributed by atoms with Gasteiger partial charge >= 0.3 is 7.60 Å². The van der Waals surface area contributed by atoms with Crippen LogP contribution in [0.2, 0.25) is 0 Å². The van der Waals surface area contributed by atoms with E-state index >= 15 is 0 Å². The third kappa shape index (κ3) is 2.86. The summed E-state index contributed by atoms with van der Waals surface area (Å²) in [5.41, 5.74) is 0. The van der Waals surface area contributed by atoms with Gasteiger partial charge in [-0.3, -0.25) is 4.57 Å². The standard InChI is InChI=1S/C7H16NO4P/c1-5-11-13(10,12-6-2)7(3,4)8-9/h5-6H2,1-4H3. The van der Waals surface area contributed by atoms with Crippen LogP contribution in [0.15, 0.2) is 5.18 Å². The number of hydrogen-bond donors (Lipinski definition) is 0. The van der Waals surface area contributed by atoms with Crippen molar-refractivity contribution < 1.29 is 13.6 Å². The van der Waals surface area contributed by atoms with Crippen LogP contribution in [0.1, 0.15) is 27.7 Å². The van der Waals surface area contributed by atoms with Crippen LogP contribution in [0.25, 0.3) is 0 Å². The minimum Gasteiger partial charge on any atom is -0.307 e. The van der Waals surface area contributed by atoms with Crippen LogP contribution in [0.3, 0.4) is 0 Å². The Morgan fingerprint density at radius 2 is 1.62 bits per heavy atom. The maximum absolute atomic E-state index is 11.9. The molecule has 0 aromatic rings. The minimum absolute atomic E-state index is 0.232. The average molecular weight is 209 g/mol. The van der Waals surface area contributed by atoms with Gasteiger partial charge in [0.1, 0.15) is 0 Å². The summed E-state index contributed by atoms with van der Waals surface area (Å²) in [6.07, 6.45) is 0. The molecule has 0 bridgehead atoms. The lowest BCUT2D eigenvalue weighted by Gasteiger charge is -2.26. The number of hydrogen-bond acceptors (Lipinski definition) is 5. The van der Waals surface area contributed by atoms with Crippen LogP contribution >= 0.6 is 7.60 Å². The van der Waals surface area contributed by atoms with Crippen molar-refractivity contribution in [1.29, 1.82) is 0 Å². The predicted molar refractivity (Wildman–Crippen MR) is 50.7 cm³/mol. The van der Waals surface area contributed by atoms with Crippen LogP contribution in [0.5, 0.6) is 0 Å². The molecule has 0 aromatic heterocycles. The molecule has 0 N–H and O–H groups in total. The second kappa shape index (κ2) is 4.84. The van der Waals surface area contributed by atoms with Gasteiger partial charge in [0.15, 0.2) is 5.28 Å². The maximum Gasteiger partial charge on any atom is 0.361 e. The lowest BCUT2D eigenvalue weighted by molar-refractivity contribution is 0.201. The fourth-order valence-electron chi connectivity index (χ4n) is 0.743. The summed E-state index contributed by atoms with van der Waals surface area (Å²) in [6.45, 7) is 6.71. The van der Waals surface area contributed by atoms with Crippen LogP contribution in [-0.2, 0) is 13.6 Å². The highest BCUT2D eigenvalue weighted by Gasteiger charge is 2.45. The van der Waals surface area contributed by atoms with Gasteiger partial charge in [0.2, 0.25) is 0 Å². The summed E-state index contributed by atoms with van der Waals surface area (Å²) in [4.78, 5) is 10.4. The van der Waals surface area contributed by atoms with Gasteiger partial charge in [-0.2, -0.15) is 0 Å². The van der Waals surface area contributed by atoms with E-state index in [2.05, 4.69) is 5.18 Å². The second-order valence-corrected chi connectivity index (χ2v) is 5.52. The van der Waals surface area contributed by atoms with Gasteiger partial charge < -0.3 is 9.05 Å². The van der Waals surface area contributed by atoms with Crippen molar-refractivity contribution in [2.75, 3.05) is 13.2 Å². The zero-order valence-electron chi connectivity index (χ0n) is 8.44. The Kier molecular flexibility index (Phi) is 4.75. The predicted octanol–water partition coefficient (Wildman–Crippen LogP) is 2.76. The van der Waals surface area contributed by atoms with Crippen molar-refractivity contribution in [2.24, 2.45) is 5.18 Å². The minimum atomic E-state index is -3.40. The molecule has 0 saturated heterocycles. The molecular weight excluding hydrogens is 193 g/mol. The van der Waals surface area contributed by atoms with Crippen LogP contribution in [0.4, 0.5) is 0 Å². The van der Waals surface area contributed by atoms with Crippen molar-refractivity contribution in [1.82, 2.24) is 0 Å². The molecule has 0 aliphatic heterocycles. The highest BCUT2D eigenvalue weighted by atomic mass is 31.2. The van der Waals surface area contributed by atoms with Crippen molar-refractivity contribution in [3.63, 3.8) is 0 Å². The first-order valence-corrected chi connectivity index (χ1v) is 5.71. The summed E-state index contributed by atoms with van der Waals surface area (Å²) < 4.78 is 21.9. The summed E-state index contributed by atoms with van der Waals surface area (Å²) in [5, 5.41) is 1.45. The van der Waals surface area contributed by atoms with Crippen LogP contribution < -0.4 is 0 Å². The summed E-state index contributed by atoms with van der Waals surface area (Å²) in [7, 11) is -3.40. The third-order valence-electron chi connectivity index (χ3n) is 1.49. The molecule has 0 unspecified atom stereocenters. The van der Waals surface area contributed by atoms with E-state index in [1.54, 1.807) is 13.8 Å². The molecule has 6 heteroatoms. The highest BCUT2D eigenvalue weighted by Crippen LogP contribution is 2.60. The lowest BCUT2D eigenvalue weighted by atomic mass is 10.4. The van der Waals surface area contributed by atoms with E-state index in [9.17, 15) is 9.47 Å². The Balaban J connectivity index is 4.77. The molecule has 0 spiro atoms. The van der Waals surface area contributed by atoms with Gasteiger partial charge in [0.05, 0.1) is 13.2 Å². The first-order chi connectivity index (χ1) is 5.93. The number of nitroso groups, excluding NO2 is 1. The lowest BCUT2D eigenvalue weighted by Crippen LogP contribution is -2.20. The largest absolute Gasteiger partial charge is 0.361 e.